The average molecular weight is 458 g/mol. The van der Waals surface area contributed by atoms with Crippen molar-refractivity contribution in [3.8, 4) is 0 Å². The van der Waals surface area contributed by atoms with Gasteiger partial charge in [-0.15, -0.1) is 0 Å². The Kier molecular flexibility index (Phi) is 6.60. The van der Waals surface area contributed by atoms with Gasteiger partial charge in [-0.2, -0.15) is 11.8 Å². The molecule has 1 atom stereocenters. The first-order valence-corrected chi connectivity index (χ1v) is 12.3. The van der Waals surface area contributed by atoms with Crippen molar-refractivity contribution in [2.45, 2.75) is 57.9 Å². The number of hydrogen-bond acceptors (Lipinski definition) is 6. The summed E-state index contributed by atoms with van der Waals surface area (Å²) in [6.45, 7) is 1.86. The maximum Gasteiger partial charge on any atom is 0.339 e. The van der Waals surface area contributed by atoms with Crippen molar-refractivity contribution in [3.05, 3.63) is 45.0 Å². The van der Waals surface area contributed by atoms with E-state index in [1.165, 1.54) is 17.3 Å². The monoisotopic (exact) mass is 457 g/mol. The molecule has 3 aromatic rings. The number of carbonyl (C=O) groups is 2. The largest absolute Gasteiger partial charge is 0.480 e. The van der Waals surface area contributed by atoms with E-state index in [1.807, 2.05) is 19.2 Å². The van der Waals surface area contributed by atoms with E-state index in [1.54, 1.807) is 6.07 Å². The molecule has 4 rings (SSSR count). The fourth-order valence-corrected chi connectivity index (χ4v) is 4.90. The summed E-state index contributed by atoms with van der Waals surface area (Å²) in [6, 6.07) is 2.89. The standard InChI is InChI=1S/C24H27NO6S/c1-13-14(7-8-22(26)25-18(23(27)28)9-10-32-2)24(29)31-20-12-21-17(11-16(13)20)15-5-3-4-6-19(15)30-21/h11-12,18H,3-10H2,1-2H3,(H,25,26)(H,27,28). The number of hydrogen-bond donors (Lipinski definition) is 2. The molecular weight excluding hydrogens is 430 g/mol. The number of rotatable bonds is 8. The Labute approximate surface area is 189 Å². The molecule has 2 heterocycles. The number of benzene rings is 1. The van der Waals surface area contributed by atoms with Gasteiger partial charge in [0.05, 0.1) is 0 Å². The normalized spacial score (nSPS) is 14.4. The van der Waals surface area contributed by atoms with E-state index in [-0.39, 0.29) is 12.8 Å². The van der Waals surface area contributed by atoms with E-state index < -0.39 is 23.5 Å². The van der Waals surface area contributed by atoms with Crippen molar-refractivity contribution < 1.29 is 23.5 Å². The number of carboxylic acid groups (broad SMARTS) is 1. The van der Waals surface area contributed by atoms with E-state index in [4.69, 9.17) is 8.83 Å². The lowest BCUT2D eigenvalue weighted by Crippen LogP contribution is -2.41. The van der Waals surface area contributed by atoms with Crippen LogP contribution in [0.3, 0.4) is 0 Å². The van der Waals surface area contributed by atoms with Gasteiger partial charge in [-0.25, -0.2) is 9.59 Å². The summed E-state index contributed by atoms with van der Waals surface area (Å²) in [5.41, 5.74) is 3.21. The first-order chi connectivity index (χ1) is 15.4. The molecule has 0 saturated heterocycles. The summed E-state index contributed by atoms with van der Waals surface area (Å²) < 4.78 is 11.6. The predicted molar refractivity (Wildman–Crippen MR) is 125 cm³/mol. The number of furan rings is 1. The van der Waals surface area contributed by atoms with Gasteiger partial charge in [0, 0.05) is 40.8 Å². The fraction of sp³-hybridized carbons (Fsp3) is 0.458. The summed E-state index contributed by atoms with van der Waals surface area (Å²) in [4.78, 5) is 36.4. The van der Waals surface area contributed by atoms with Gasteiger partial charge >= 0.3 is 11.6 Å². The van der Waals surface area contributed by atoms with Crippen LogP contribution in [0.5, 0.6) is 0 Å². The van der Waals surface area contributed by atoms with E-state index in [0.717, 1.165) is 53.4 Å². The van der Waals surface area contributed by atoms with Crippen molar-refractivity contribution in [2.75, 3.05) is 12.0 Å². The summed E-state index contributed by atoms with van der Waals surface area (Å²) >= 11 is 1.52. The SMILES string of the molecule is CSCCC(NC(=O)CCc1c(C)c2cc3c4c(oc3cc2oc1=O)CCCC4)C(=O)O. The minimum atomic E-state index is -1.05. The molecule has 1 aliphatic rings. The molecule has 2 N–H and O–H groups in total. The molecule has 0 aliphatic heterocycles. The van der Waals surface area contributed by atoms with Gasteiger partial charge in [0.15, 0.2) is 0 Å². The number of carbonyl (C=O) groups excluding carboxylic acids is 1. The molecule has 1 unspecified atom stereocenters. The predicted octanol–water partition coefficient (Wildman–Crippen LogP) is 3.98. The third kappa shape index (κ3) is 4.41. The molecule has 2 aromatic heterocycles. The van der Waals surface area contributed by atoms with Gasteiger partial charge in [0.25, 0.3) is 0 Å². The lowest BCUT2D eigenvalue weighted by Gasteiger charge is -2.14. The zero-order chi connectivity index (χ0) is 22.8. The summed E-state index contributed by atoms with van der Waals surface area (Å²) in [5.74, 6) is 0.211. The molecule has 8 heteroatoms. The van der Waals surface area contributed by atoms with E-state index in [0.29, 0.717) is 23.3 Å². The van der Waals surface area contributed by atoms with Crippen LogP contribution in [-0.2, 0) is 28.9 Å². The zero-order valence-corrected chi connectivity index (χ0v) is 19.1. The van der Waals surface area contributed by atoms with Gasteiger partial charge in [0.1, 0.15) is 23.0 Å². The second-order valence-corrected chi connectivity index (χ2v) is 9.27. The van der Waals surface area contributed by atoms with Gasteiger partial charge in [-0.3, -0.25) is 4.79 Å². The number of amides is 1. The minimum absolute atomic E-state index is 0.0174. The van der Waals surface area contributed by atoms with Crippen molar-refractivity contribution in [3.63, 3.8) is 0 Å². The van der Waals surface area contributed by atoms with Crippen molar-refractivity contribution in [1.82, 2.24) is 5.32 Å². The maximum atomic E-state index is 12.6. The zero-order valence-electron chi connectivity index (χ0n) is 18.3. The molecule has 0 saturated carbocycles. The molecule has 170 valence electrons. The van der Waals surface area contributed by atoms with Crippen molar-refractivity contribution >= 4 is 45.6 Å². The Morgan fingerprint density at radius 2 is 1.91 bits per heavy atom. The number of carboxylic acids is 1. The third-order valence-corrected chi connectivity index (χ3v) is 6.85. The van der Waals surface area contributed by atoms with E-state index in [9.17, 15) is 19.5 Å². The van der Waals surface area contributed by atoms with Crippen LogP contribution in [0.15, 0.2) is 25.8 Å². The van der Waals surface area contributed by atoms with Crippen LogP contribution < -0.4 is 10.9 Å². The molecule has 7 nitrogen and oxygen atoms in total. The first-order valence-electron chi connectivity index (χ1n) is 10.9. The molecular formula is C24H27NO6S. The molecule has 1 amide bonds. The summed E-state index contributed by atoms with van der Waals surface area (Å²) in [7, 11) is 0. The third-order valence-electron chi connectivity index (χ3n) is 6.21. The molecule has 1 aromatic carbocycles. The van der Waals surface area contributed by atoms with Crippen LogP contribution in [0.2, 0.25) is 0 Å². The Balaban J connectivity index is 1.58. The molecule has 1 aliphatic carbocycles. The Bertz CT molecular complexity index is 1240. The molecule has 0 radical (unpaired) electrons. The highest BCUT2D eigenvalue weighted by atomic mass is 32.2. The van der Waals surface area contributed by atoms with Crippen LogP contribution in [0.25, 0.3) is 21.9 Å². The molecule has 0 bridgehead atoms. The molecule has 0 spiro atoms. The Morgan fingerprint density at radius 3 is 2.66 bits per heavy atom. The summed E-state index contributed by atoms with van der Waals surface area (Å²) in [5, 5.41) is 13.8. The highest BCUT2D eigenvalue weighted by Gasteiger charge is 2.22. The Hall–Kier alpha value is -2.74. The summed E-state index contributed by atoms with van der Waals surface area (Å²) in [6.07, 6.45) is 6.61. The van der Waals surface area contributed by atoms with Crippen LogP contribution >= 0.6 is 11.8 Å². The van der Waals surface area contributed by atoms with Crippen LogP contribution in [0, 0.1) is 6.92 Å². The second-order valence-electron chi connectivity index (χ2n) is 8.29. The van der Waals surface area contributed by atoms with Crippen molar-refractivity contribution in [1.29, 1.82) is 0 Å². The number of aryl methyl sites for hydroxylation is 3. The quantitative estimate of drug-likeness (QED) is 0.492. The minimum Gasteiger partial charge on any atom is -0.480 e. The van der Waals surface area contributed by atoms with E-state index in [2.05, 4.69) is 5.32 Å². The van der Waals surface area contributed by atoms with Crippen LogP contribution in [0.4, 0.5) is 0 Å². The average Bonchev–Trinajstić information content (AvgIpc) is 3.12. The van der Waals surface area contributed by atoms with Gasteiger partial charge in [0.2, 0.25) is 5.91 Å². The van der Waals surface area contributed by atoms with Crippen molar-refractivity contribution in [2.24, 2.45) is 0 Å². The highest BCUT2D eigenvalue weighted by Crippen LogP contribution is 2.35. The fourth-order valence-electron chi connectivity index (χ4n) is 4.43. The van der Waals surface area contributed by atoms with E-state index >= 15 is 0 Å². The molecule has 0 fully saturated rings. The van der Waals surface area contributed by atoms with Gasteiger partial charge in [-0.05, 0) is 62.7 Å². The lowest BCUT2D eigenvalue weighted by molar-refractivity contribution is -0.141. The Morgan fingerprint density at radius 1 is 1.16 bits per heavy atom. The number of aliphatic carboxylic acids is 1. The number of fused-ring (bicyclic) bond motifs is 4. The first kappa shape index (κ1) is 22.5. The lowest BCUT2D eigenvalue weighted by atomic mass is 9.94. The number of nitrogens with one attached hydrogen (secondary N) is 1. The van der Waals surface area contributed by atoms with Gasteiger partial charge < -0.3 is 19.3 Å². The smallest absolute Gasteiger partial charge is 0.339 e. The topological polar surface area (TPSA) is 110 Å². The van der Waals surface area contributed by atoms with Crippen LogP contribution in [-0.4, -0.2) is 35.0 Å². The second kappa shape index (κ2) is 9.40. The van der Waals surface area contributed by atoms with Crippen LogP contribution in [0.1, 0.15) is 48.1 Å². The van der Waals surface area contributed by atoms with Gasteiger partial charge in [-0.1, -0.05) is 0 Å². The number of thioether (sulfide) groups is 1. The molecule has 32 heavy (non-hydrogen) atoms. The maximum absolute atomic E-state index is 12.6. The highest BCUT2D eigenvalue weighted by molar-refractivity contribution is 7.98.